The van der Waals surface area contributed by atoms with Crippen molar-refractivity contribution in [1.29, 1.82) is 0 Å². The highest BCUT2D eigenvalue weighted by atomic mass is 16.1. The molecule has 0 unspecified atom stereocenters. The van der Waals surface area contributed by atoms with Gasteiger partial charge in [0.25, 0.3) is 0 Å². The van der Waals surface area contributed by atoms with Crippen LogP contribution < -0.4 is 0 Å². The lowest BCUT2D eigenvalue weighted by atomic mass is 9.86. The Morgan fingerprint density at radius 1 is 0.824 bits per heavy atom. The summed E-state index contributed by atoms with van der Waals surface area (Å²) in [6.45, 7) is 3.04. The summed E-state index contributed by atoms with van der Waals surface area (Å²) in [7, 11) is 0. The second-order valence-corrected chi connectivity index (χ2v) is 5.85. The normalized spacial score (nSPS) is 25.2. The fourth-order valence-corrected chi connectivity index (χ4v) is 3.25. The molecule has 0 aromatic heterocycles. The van der Waals surface area contributed by atoms with Crippen LogP contribution in [0.3, 0.4) is 0 Å². The first-order chi connectivity index (χ1) is 8.36. The molecular weight excluding hydrogens is 210 g/mol. The Morgan fingerprint density at radius 3 is 2.00 bits per heavy atom. The number of Topliss-reactive ketones (excluding diaryl/α,β-unsaturated/α-hetero) is 1. The first-order valence-electron chi connectivity index (χ1n) is 7.61. The predicted octanol–water partition coefficient (Wildman–Crippen LogP) is 3.40. The minimum atomic E-state index is 0.397. The second-order valence-electron chi connectivity index (χ2n) is 5.85. The van der Waals surface area contributed by atoms with E-state index in [0.29, 0.717) is 11.7 Å². The maximum Gasteiger partial charge on any atom is 0.149 e. The van der Waals surface area contributed by atoms with Gasteiger partial charge in [0.2, 0.25) is 0 Å². The van der Waals surface area contributed by atoms with E-state index in [0.717, 1.165) is 32.5 Å². The van der Waals surface area contributed by atoms with Gasteiger partial charge in [-0.3, -0.25) is 9.69 Å². The van der Waals surface area contributed by atoms with Crippen molar-refractivity contribution in [2.24, 2.45) is 5.92 Å². The highest BCUT2D eigenvalue weighted by molar-refractivity contribution is 5.83. The standard InChI is InChI=1S/C15H27NO/c17-15(14-9-5-4-6-10-14)13-16-11-7-2-1-3-8-12-16/h14H,1-13H2. The van der Waals surface area contributed by atoms with E-state index in [4.69, 9.17) is 0 Å². The van der Waals surface area contributed by atoms with Crippen LogP contribution in [-0.2, 0) is 4.79 Å². The summed E-state index contributed by atoms with van der Waals surface area (Å²) in [6.07, 6.45) is 12.9. The largest absolute Gasteiger partial charge is 0.298 e. The minimum Gasteiger partial charge on any atom is -0.298 e. The summed E-state index contributed by atoms with van der Waals surface area (Å²) in [5, 5.41) is 0. The summed E-state index contributed by atoms with van der Waals surface area (Å²) in [4.78, 5) is 14.6. The van der Waals surface area contributed by atoms with E-state index in [2.05, 4.69) is 4.90 Å². The Kier molecular flexibility index (Phi) is 5.50. The number of ketones is 1. The quantitative estimate of drug-likeness (QED) is 0.750. The van der Waals surface area contributed by atoms with Crippen LogP contribution in [0, 0.1) is 5.92 Å². The molecule has 0 atom stereocenters. The molecule has 1 saturated carbocycles. The third-order valence-corrected chi connectivity index (χ3v) is 4.39. The summed E-state index contributed by atoms with van der Waals surface area (Å²) >= 11 is 0. The van der Waals surface area contributed by atoms with Gasteiger partial charge in [0, 0.05) is 5.92 Å². The molecule has 1 aliphatic heterocycles. The molecule has 2 nitrogen and oxygen atoms in total. The Bertz CT molecular complexity index is 225. The van der Waals surface area contributed by atoms with Crippen molar-refractivity contribution >= 4 is 5.78 Å². The van der Waals surface area contributed by atoms with Gasteiger partial charge < -0.3 is 0 Å². The van der Waals surface area contributed by atoms with Gasteiger partial charge in [-0.05, 0) is 38.8 Å². The third-order valence-electron chi connectivity index (χ3n) is 4.39. The van der Waals surface area contributed by atoms with Crippen LogP contribution in [-0.4, -0.2) is 30.3 Å². The highest BCUT2D eigenvalue weighted by Gasteiger charge is 2.22. The predicted molar refractivity (Wildman–Crippen MR) is 71.1 cm³/mol. The average molecular weight is 237 g/mol. The molecule has 2 fully saturated rings. The van der Waals surface area contributed by atoms with Crippen LogP contribution in [0.1, 0.15) is 64.2 Å². The summed E-state index contributed by atoms with van der Waals surface area (Å²) < 4.78 is 0. The molecule has 0 bridgehead atoms. The molecule has 98 valence electrons. The smallest absolute Gasteiger partial charge is 0.149 e. The Hall–Kier alpha value is -0.370. The lowest BCUT2D eigenvalue weighted by molar-refractivity contribution is -0.125. The average Bonchev–Trinajstić information content (AvgIpc) is 2.33. The van der Waals surface area contributed by atoms with Crippen molar-refractivity contribution < 1.29 is 4.79 Å². The molecule has 0 aromatic carbocycles. The zero-order chi connectivity index (χ0) is 11.9. The van der Waals surface area contributed by atoms with E-state index in [9.17, 15) is 4.79 Å². The lowest BCUT2D eigenvalue weighted by Crippen LogP contribution is -2.36. The summed E-state index contributed by atoms with van der Waals surface area (Å²) in [6, 6.07) is 0. The van der Waals surface area contributed by atoms with E-state index >= 15 is 0 Å². The van der Waals surface area contributed by atoms with Crippen LogP contribution in [0.4, 0.5) is 0 Å². The molecule has 1 heterocycles. The van der Waals surface area contributed by atoms with Crippen molar-refractivity contribution in [2.45, 2.75) is 64.2 Å². The zero-order valence-electron chi connectivity index (χ0n) is 11.1. The van der Waals surface area contributed by atoms with Crippen molar-refractivity contribution in [3.05, 3.63) is 0 Å². The van der Waals surface area contributed by atoms with Crippen molar-refractivity contribution in [3.63, 3.8) is 0 Å². The van der Waals surface area contributed by atoms with E-state index in [-0.39, 0.29) is 0 Å². The maximum absolute atomic E-state index is 12.2. The number of hydrogen-bond acceptors (Lipinski definition) is 2. The molecule has 2 rings (SSSR count). The van der Waals surface area contributed by atoms with Crippen molar-refractivity contribution in [2.75, 3.05) is 19.6 Å². The SMILES string of the molecule is O=C(CN1CCCCCCC1)C1CCCCC1. The molecule has 0 radical (unpaired) electrons. The molecule has 17 heavy (non-hydrogen) atoms. The number of nitrogens with zero attached hydrogens (tertiary/aromatic N) is 1. The first kappa shape index (κ1) is 13.1. The zero-order valence-corrected chi connectivity index (χ0v) is 11.1. The van der Waals surface area contributed by atoms with Crippen LogP contribution in [0.2, 0.25) is 0 Å². The van der Waals surface area contributed by atoms with Crippen molar-refractivity contribution in [1.82, 2.24) is 4.90 Å². The maximum atomic E-state index is 12.2. The fraction of sp³-hybridized carbons (Fsp3) is 0.933. The molecule has 0 N–H and O–H groups in total. The van der Waals surface area contributed by atoms with Gasteiger partial charge in [0.15, 0.2) is 0 Å². The van der Waals surface area contributed by atoms with Gasteiger partial charge >= 0.3 is 0 Å². The monoisotopic (exact) mass is 237 g/mol. The number of carbonyl (C=O) groups is 1. The van der Waals surface area contributed by atoms with Crippen LogP contribution >= 0.6 is 0 Å². The second kappa shape index (κ2) is 7.15. The van der Waals surface area contributed by atoms with Gasteiger partial charge in [0.1, 0.15) is 5.78 Å². The van der Waals surface area contributed by atoms with Gasteiger partial charge in [-0.25, -0.2) is 0 Å². The Morgan fingerprint density at radius 2 is 1.35 bits per heavy atom. The number of rotatable bonds is 3. The summed E-state index contributed by atoms with van der Waals surface area (Å²) in [5.74, 6) is 0.930. The van der Waals surface area contributed by atoms with Gasteiger partial charge in [-0.15, -0.1) is 0 Å². The van der Waals surface area contributed by atoms with Gasteiger partial charge in [-0.1, -0.05) is 38.5 Å². The van der Waals surface area contributed by atoms with Gasteiger partial charge in [-0.2, -0.15) is 0 Å². The van der Waals surface area contributed by atoms with Gasteiger partial charge in [0.05, 0.1) is 6.54 Å². The Balaban J connectivity index is 1.75. The molecule has 0 aromatic rings. The molecule has 0 spiro atoms. The molecular formula is C15H27NO. The number of carbonyl (C=O) groups excluding carboxylic acids is 1. The lowest BCUT2D eigenvalue weighted by Gasteiger charge is -2.27. The summed E-state index contributed by atoms with van der Waals surface area (Å²) in [5.41, 5.74) is 0. The van der Waals surface area contributed by atoms with Crippen molar-refractivity contribution in [3.8, 4) is 0 Å². The highest BCUT2D eigenvalue weighted by Crippen LogP contribution is 2.24. The minimum absolute atomic E-state index is 0.397. The molecule has 1 aliphatic carbocycles. The van der Waals surface area contributed by atoms with Crippen LogP contribution in [0.5, 0.6) is 0 Å². The molecule has 0 amide bonds. The third kappa shape index (κ3) is 4.42. The number of hydrogen-bond donors (Lipinski definition) is 0. The van der Waals surface area contributed by atoms with E-state index in [1.807, 2.05) is 0 Å². The number of likely N-dealkylation sites (tertiary alicyclic amines) is 1. The Labute approximate surface area is 106 Å². The molecule has 2 aliphatic rings. The van der Waals surface area contributed by atoms with E-state index < -0.39 is 0 Å². The van der Waals surface area contributed by atoms with Crippen LogP contribution in [0.25, 0.3) is 0 Å². The van der Waals surface area contributed by atoms with E-state index in [1.54, 1.807) is 0 Å². The fourth-order valence-electron chi connectivity index (χ4n) is 3.25. The first-order valence-corrected chi connectivity index (χ1v) is 7.61. The molecule has 2 heteroatoms. The van der Waals surface area contributed by atoms with Crippen LogP contribution in [0.15, 0.2) is 0 Å². The topological polar surface area (TPSA) is 20.3 Å². The van der Waals surface area contributed by atoms with E-state index in [1.165, 1.54) is 51.4 Å². The molecule has 1 saturated heterocycles.